The summed E-state index contributed by atoms with van der Waals surface area (Å²) in [7, 11) is -4.52. The van der Waals surface area contributed by atoms with Gasteiger partial charge >= 0.3 is 29.6 Å². The van der Waals surface area contributed by atoms with Gasteiger partial charge in [-0.05, 0) is 6.42 Å². The van der Waals surface area contributed by atoms with Crippen molar-refractivity contribution in [3.63, 3.8) is 0 Å². The predicted octanol–water partition coefficient (Wildman–Crippen LogP) is -4.00. The molecule has 152 valence electrons. The second-order valence-electron chi connectivity index (χ2n) is 6.41. The van der Waals surface area contributed by atoms with Gasteiger partial charge in [0.15, 0.2) is 17.4 Å². The largest absolute Gasteiger partial charge is 1.00 e. The van der Waals surface area contributed by atoms with Crippen LogP contribution in [0.3, 0.4) is 0 Å². The molecule has 0 aliphatic carbocycles. The monoisotopic (exact) mass is 437 g/mol. The van der Waals surface area contributed by atoms with Crippen molar-refractivity contribution in [1.29, 1.82) is 0 Å². The van der Waals surface area contributed by atoms with E-state index in [2.05, 4.69) is 24.8 Å². The number of aromatic amines is 1. The molecule has 0 spiro atoms. The summed E-state index contributed by atoms with van der Waals surface area (Å²) >= 11 is 0. The number of ether oxygens (including phenoxy) is 1. The third kappa shape index (κ3) is 4.33. The first-order chi connectivity index (χ1) is 13.3. The Morgan fingerprint density at radius 2 is 2.31 bits per heavy atom. The molecule has 2 aliphatic heterocycles. The van der Waals surface area contributed by atoms with Gasteiger partial charge in [-0.25, -0.2) is 4.98 Å². The Morgan fingerprint density at radius 3 is 3.03 bits per heavy atom. The van der Waals surface area contributed by atoms with Crippen LogP contribution >= 0.6 is 7.82 Å². The van der Waals surface area contributed by atoms with Gasteiger partial charge in [-0.1, -0.05) is 6.92 Å². The number of anilines is 1. The fourth-order valence-electron chi connectivity index (χ4n) is 3.15. The standard InChI is InChI=1S/C14H18N5O8P.Na/c1-2-3-7(20)16-14-17-11-8(12(22)18-14)15-5-19(11)13-9(21)10-6(26-13)4-25-28(23,24)27-10;/h5-6,9-10,13,21H,2-4H2,1H3,(H,23,24)(H2,16,17,18,20,22);/q;+1/p-1/t6-,9-,10-,13-;/m1./s1. The molecule has 0 aromatic carbocycles. The Kier molecular flexibility index (Phi) is 6.63. The minimum atomic E-state index is -4.52. The molecule has 4 heterocycles. The first kappa shape index (κ1) is 22.5. The van der Waals surface area contributed by atoms with Crippen LogP contribution in [0.25, 0.3) is 11.2 Å². The van der Waals surface area contributed by atoms with Crippen molar-refractivity contribution >= 4 is 30.8 Å². The molecule has 15 heteroatoms. The van der Waals surface area contributed by atoms with Crippen molar-refractivity contribution in [3.8, 4) is 0 Å². The van der Waals surface area contributed by atoms with E-state index in [1.165, 1.54) is 10.9 Å². The van der Waals surface area contributed by atoms with Crippen LogP contribution in [0.2, 0.25) is 0 Å². The zero-order valence-corrected chi connectivity index (χ0v) is 18.5. The van der Waals surface area contributed by atoms with E-state index in [0.717, 1.165) is 0 Å². The Bertz CT molecular complexity index is 1030. The third-order valence-electron chi connectivity index (χ3n) is 4.40. The van der Waals surface area contributed by atoms with E-state index in [1.54, 1.807) is 0 Å². The van der Waals surface area contributed by atoms with E-state index in [4.69, 9.17) is 9.26 Å². The summed E-state index contributed by atoms with van der Waals surface area (Å²) in [5.74, 6) is -0.401. The van der Waals surface area contributed by atoms with Gasteiger partial charge in [0.25, 0.3) is 13.4 Å². The summed E-state index contributed by atoms with van der Waals surface area (Å²) in [4.78, 5) is 46.1. The zero-order valence-electron chi connectivity index (χ0n) is 15.6. The number of H-pyrrole nitrogens is 1. The van der Waals surface area contributed by atoms with Gasteiger partial charge in [-0.3, -0.25) is 29.0 Å². The van der Waals surface area contributed by atoms with Gasteiger partial charge in [-0.2, -0.15) is 4.98 Å². The van der Waals surface area contributed by atoms with E-state index in [1.807, 2.05) is 6.92 Å². The number of aromatic nitrogens is 4. The van der Waals surface area contributed by atoms with E-state index < -0.39 is 37.9 Å². The normalized spacial score (nSPS) is 31.3. The Hall–Kier alpha value is -1.15. The number of nitrogens with zero attached hydrogens (tertiary/aromatic N) is 3. The number of aliphatic hydroxyl groups is 1. The first-order valence-electron chi connectivity index (χ1n) is 8.53. The average Bonchev–Trinajstić information content (AvgIpc) is 3.16. The smallest absolute Gasteiger partial charge is 0.756 e. The maximum atomic E-state index is 12.2. The number of hydrogen-bond acceptors (Lipinski definition) is 10. The Balaban J connectivity index is 0.00000240. The second-order valence-corrected chi connectivity index (χ2v) is 7.77. The van der Waals surface area contributed by atoms with Crippen molar-refractivity contribution in [2.24, 2.45) is 0 Å². The van der Waals surface area contributed by atoms with Crippen LogP contribution in [0.4, 0.5) is 5.95 Å². The fraction of sp³-hybridized carbons (Fsp3) is 0.571. The van der Waals surface area contributed by atoms with Gasteiger partial charge in [0, 0.05) is 6.42 Å². The molecule has 4 rings (SSSR count). The molecule has 29 heavy (non-hydrogen) atoms. The maximum Gasteiger partial charge on any atom is 1.00 e. The number of phosphoric acid groups is 1. The zero-order chi connectivity index (χ0) is 20.1. The van der Waals surface area contributed by atoms with E-state index in [0.29, 0.717) is 6.42 Å². The van der Waals surface area contributed by atoms with Crippen LogP contribution in [0, 0.1) is 0 Å². The summed E-state index contributed by atoms with van der Waals surface area (Å²) in [6, 6.07) is 0. The molecule has 2 saturated heterocycles. The minimum absolute atomic E-state index is 0. The summed E-state index contributed by atoms with van der Waals surface area (Å²) in [5.41, 5.74) is -0.584. The molecule has 2 aromatic rings. The molecular formula is C14H17N5NaO8P. The number of rotatable bonds is 4. The fourth-order valence-corrected chi connectivity index (χ4v) is 4.10. The quantitative estimate of drug-likeness (QED) is 0.315. The van der Waals surface area contributed by atoms with Crippen LogP contribution < -0.4 is 45.3 Å². The van der Waals surface area contributed by atoms with Crippen molar-refractivity contribution in [2.75, 3.05) is 11.9 Å². The van der Waals surface area contributed by atoms with Gasteiger partial charge < -0.3 is 23.8 Å². The van der Waals surface area contributed by atoms with E-state index in [9.17, 15) is 24.2 Å². The molecule has 1 amide bonds. The van der Waals surface area contributed by atoms with Crippen LogP contribution in [0.15, 0.2) is 11.1 Å². The number of carbonyl (C=O) groups is 1. The van der Waals surface area contributed by atoms with Crippen LogP contribution in [0.1, 0.15) is 26.0 Å². The van der Waals surface area contributed by atoms with E-state index in [-0.39, 0.29) is 65.6 Å². The molecule has 2 aliphatic rings. The van der Waals surface area contributed by atoms with Crippen molar-refractivity contribution < 1.29 is 62.7 Å². The number of amides is 1. The molecular weight excluding hydrogens is 420 g/mol. The van der Waals surface area contributed by atoms with Gasteiger partial charge in [0.1, 0.15) is 18.3 Å². The molecule has 2 fully saturated rings. The summed E-state index contributed by atoms with van der Waals surface area (Å²) in [5, 5.41) is 13.0. The van der Waals surface area contributed by atoms with Crippen molar-refractivity contribution in [1.82, 2.24) is 19.5 Å². The molecule has 1 unspecified atom stereocenters. The number of hydrogen-bond donors (Lipinski definition) is 3. The van der Waals surface area contributed by atoms with Gasteiger partial charge in [0.05, 0.1) is 12.9 Å². The molecule has 2 aromatic heterocycles. The van der Waals surface area contributed by atoms with Crippen LogP contribution in [0.5, 0.6) is 0 Å². The second kappa shape index (κ2) is 8.53. The summed E-state index contributed by atoms with van der Waals surface area (Å²) < 4.78 is 27.8. The van der Waals surface area contributed by atoms with Crippen LogP contribution in [-0.4, -0.2) is 55.5 Å². The predicted molar refractivity (Wildman–Crippen MR) is 90.0 cm³/mol. The molecule has 13 nitrogen and oxygen atoms in total. The molecule has 3 N–H and O–H groups in total. The Morgan fingerprint density at radius 1 is 1.55 bits per heavy atom. The first-order valence-corrected chi connectivity index (χ1v) is 9.99. The average molecular weight is 437 g/mol. The van der Waals surface area contributed by atoms with Crippen LogP contribution in [-0.2, 0) is 23.1 Å². The number of aliphatic hydroxyl groups excluding tert-OH is 1. The maximum absolute atomic E-state index is 12.2. The number of imidazole rings is 1. The number of nitrogens with one attached hydrogen (secondary N) is 2. The van der Waals surface area contributed by atoms with Gasteiger partial charge in [-0.15, -0.1) is 0 Å². The van der Waals surface area contributed by atoms with Crippen molar-refractivity contribution in [2.45, 2.75) is 44.3 Å². The Labute approximate surface area is 185 Å². The molecule has 0 radical (unpaired) electrons. The number of fused-ring (bicyclic) bond motifs is 2. The molecule has 0 saturated carbocycles. The topological polar surface area (TPSA) is 181 Å². The minimum Gasteiger partial charge on any atom is -0.756 e. The third-order valence-corrected chi connectivity index (χ3v) is 5.37. The molecule has 5 atom stereocenters. The summed E-state index contributed by atoms with van der Waals surface area (Å²) in [6.07, 6.45) is -2.39. The SMILES string of the molecule is CCCC(=O)Nc1nc2c(ncn2[C@@H]2O[C@@H]3COP(=O)([O-])O[C@H]3[C@H]2O)c(=O)[nH]1.[Na+]. The number of carbonyl (C=O) groups excluding carboxylic acids is 1. The molecule has 0 bridgehead atoms. The number of phosphoric ester groups is 1. The van der Waals surface area contributed by atoms with E-state index >= 15 is 0 Å². The summed E-state index contributed by atoms with van der Waals surface area (Å²) in [6.45, 7) is 1.52. The van der Waals surface area contributed by atoms with Crippen molar-refractivity contribution in [3.05, 3.63) is 16.7 Å². The van der Waals surface area contributed by atoms with Gasteiger partial charge in [0.2, 0.25) is 11.9 Å².